The number of methoxy groups -OCH3 is 1. The summed E-state index contributed by atoms with van der Waals surface area (Å²) in [5.74, 6) is -1.53. The van der Waals surface area contributed by atoms with Crippen molar-refractivity contribution in [2.45, 2.75) is 26.0 Å². The zero-order valence-electron chi connectivity index (χ0n) is 21.3. The van der Waals surface area contributed by atoms with Gasteiger partial charge in [-0.05, 0) is 55.8 Å². The van der Waals surface area contributed by atoms with E-state index in [0.717, 1.165) is 13.1 Å². The molecule has 2 fully saturated rings. The van der Waals surface area contributed by atoms with Gasteiger partial charge in [0.05, 0.1) is 43.6 Å². The molecule has 4 rings (SSSR count). The topological polar surface area (TPSA) is 106 Å². The van der Waals surface area contributed by atoms with Crippen LogP contribution >= 0.6 is 0 Å². The summed E-state index contributed by atoms with van der Waals surface area (Å²) in [6, 6.07) is 12.5. The number of ketones is 1. The smallest absolute Gasteiger partial charge is 0.337 e. The van der Waals surface area contributed by atoms with Crippen molar-refractivity contribution in [2.24, 2.45) is 0 Å². The SMILES string of the molecule is COC(=O)c1ccc([C@@H]2C(=C(O)c3ccc(OC(C)C)cc3)C(=O)C(=O)N2CCN2CCOCC2)cc1. The van der Waals surface area contributed by atoms with Crippen molar-refractivity contribution in [1.82, 2.24) is 9.80 Å². The van der Waals surface area contributed by atoms with Crippen molar-refractivity contribution >= 4 is 23.4 Å². The molecule has 1 amide bonds. The number of hydrogen-bond acceptors (Lipinski definition) is 8. The average Bonchev–Trinajstić information content (AvgIpc) is 3.16. The first-order valence-electron chi connectivity index (χ1n) is 12.3. The molecule has 9 heteroatoms. The summed E-state index contributed by atoms with van der Waals surface area (Å²) in [6.45, 7) is 7.41. The first-order valence-corrected chi connectivity index (χ1v) is 12.3. The van der Waals surface area contributed by atoms with E-state index < -0.39 is 23.7 Å². The lowest BCUT2D eigenvalue weighted by Gasteiger charge is -2.31. The molecular weight excluding hydrogens is 476 g/mol. The largest absolute Gasteiger partial charge is 0.507 e. The predicted octanol–water partition coefficient (Wildman–Crippen LogP) is 3.01. The highest BCUT2D eigenvalue weighted by Crippen LogP contribution is 2.39. The number of Topliss-reactive ketones (excluding diaryl/α,β-unsaturated/α-hetero) is 1. The first kappa shape index (κ1) is 26.4. The van der Waals surface area contributed by atoms with Gasteiger partial charge in [0.15, 0.2) is 0 Å². The Hall–Kier alpha value is -3.69. The lowest BCUT2D eigenvalue weighted by Crippen LogP contribution is -2.42. The highest BCUT2D eigenvalue weighted by atomic mass is 16.5. The second kappa shape index (κ2) is 11.6. The van der Waals surface area contributed by atoms with Crippen LogP contribution in [0, 0.1) is 0 Å². The van der Waals surface area contributed by atoms with Gasteiger partial charge in [0.2, 0.25) is 0 Å². The third-order valence-electron chi connectivity index (χ3n) is 6.45. The Labute approximate surface area is 216 Å². The maximum atomic E-state index is 13.3. The second-order valence-corrected chi connectivity index (χ2v) is 9.25. The molecule has 2 heterocycles. The number of rotatable bonds is 8. The molecule has 0 spiro atoms. The maximum absolute atomic E-state index is 13.3. The number of nitrogens with zero attached hydrogens (tertiary/aromatic N) is 2. The maximum Gasteiger partial charge on any atom is 0.337 e. The highest BCUT2D eigenvalue weighted by Gasteiger charge is 2.46. The number of benzene rings is 2. The fourth-order valence-corrected chi connectivity index (χ4v) is 4.57. The van der Waals surface area contributed by atoms with E-state index in [-0.39, 0.29) is 17.4 Å². The minimum Gasteiger partial charge on any atom is -0.507 e. The molecule has 2 aromatic rings. The van der Waals surface area contributed by atoms with Gasteiger partial charge >= 0.3 is 5.97 Å². The Kier molecular flexibility index (Phi) is 8.25. The molecule has 0 bridgehead atoms. The summed E-state index contributed by atoms with van der Waals surface area (Å²) in [4.78, 5) is 42.1. The molecule has 196 valence electrons. The van der Waals surface area contributed by atoms with Crippen molar-refractivity contribution in [2.75, 3.05) is 46.5 Å². The van der Waals surface area contributed by atoms with Crippen LogP contribution in [-0.4, -0.2) is 85.2 Å². The van der Waals surface area contributed by atoms with E-state index >= 15 is 0 Å². The number of amides is 1. The van der Waals surface area contributed by atoms with E-state index in [1.54, 1.807) is 48.5 Å². The van der Waals surface area contributed by atoms with Crippen LogP contribution < -0.4 is 4.74 Å². The Morgan fingerprint density at radius 1 is 1.00 bits per heavy atom. The lowest BCUT2D eigenvalue weighted by molar-refractivity contribution is -0.140. The summed E-state index contributed by atoms with van der Waals surface area (Å²) in [6.07, 6.45) is -0.0100. The van der Waals surface area contributed by atoms with Crippen molar-refractivity contribution in [1.29, 1.82) is 0 Å². The van der Waals surface area contributed by atoms with Gasteiger partial charge in [-0.25, -0.2) is 4.79 Å². The van der Waals surface area contributed by atoms with E-state index in [1.807, 2.05) is 13.8 Å². The Morgan fingerprint density at radius 3 is 2.22 bits per heavy atom. The molecule has 0 aromatic heterocycles. The number of morpholine rings is 1. The molecule has 0 unspecified atom stereocenters. The van der Waals surface area contributed by atoms with Gasteiger partial charge in [0.25, 0.3) is 11.7 Å². The van der Waals surface area contributed by atoms with E-state index in [4.69, 9.17) is 14.2 Å². The van der Waals surface area contributed by atoms with Gasteiger partial charge in [-0.15, -0.1) is 0 Å². The van der Waals surface area contributed by atoms with Gasteiger partial charge in [-0.2, -0.15) is 0 Å². The monoisotopic (exact) mass is 508 g/mol. The normalized spacial score (nSPS) is 19.9. The van der Waals surface area contributed by atoms with E-state index in [0.29, 0.717) is 48.7 Å². The molecule has 2 aliphatic heterocycles. The van der Waals surface area contributed by atoms with Crippen LogP contribution in [0.5, 0.6) is 5.75 Å². The van der Waals surface area contributed by atoms with Crippen LogP contribution in [0.2, 0.25) is 0 Å². The molecule has 1 N–H and O–H groups in total. The molecule has 0 saturated carbocycles. The van der Waals surface area contributed by atoms with Crippen LogP contribution in [0.1, 0.15) is 41.4 Å². The van der Waals surface area contributed by atoms with Gasteiger partial charge < -0.3 is 24.2 Å². The van der Waals surface area contributed by atoms with Gasteiger partial charge in [0, 0.05) is 31.7 Å². The number of aliphatic hydroxyl groups is 1. The Morgan fingerprint density at radius 2 is 1.62 bits per heavy atom. The second-order valence-electron chi connectivity index (χ2n) is 9.25. The zero-order valence-corrected chi connectivity index (χ0v) is 21.3. The first-order chi connectivity index (χ1) is 17.8. The summed E-state index contributed by atoms with van der Waals surface area (Å²) in [5.41, 5.74) is 1.36. The van der Waals surface area contributed by atoms with Crippen LogP contribution in [-0.2, 0) is 19.1 Å². The number of hydrogen-bond donors (Lipinski definition) is 1. The highest BCUT2D eigenvalue weighted by molar-refractivity contribution is 6.46. The van der Waals surface area contributed by atoms with Crippen LogP contribution in [0.4, 0.5) is 0 Å². The molecular formula is C28H32N2O7. The lowest BCUT2D eigenvalue weighted by atomic mass is 9.94. The molecule has 9 nitrogen and oxygen atoms in total. The number of likely N-dealkylation sites (tertiary alicyclic amines) is 1. The molecule has 1 atom stereocenters. The third-order valence-corrected chi connectivity index (χ3v) is 6.45. The molecule has 0 radical (unpaired) electrons. The van der Waals surface area contributed by atoms with Gasteiger partial charge in [-0.1, -0.05) is 12.1 Å². The fourth-order valence-electron chi connectivity index (χ4n) is 4.57. The van der Waals surface area contributed by atoms with Crippen LogP contribution in [0.25, 0.3) is 5.76 Å². The third kappa shape index (κ3) is 5.84. The van der Waals surface area contributed by atoms with Crippen molar-refractivity contribution < 1.29 is 33.7 Å². The summed E-state index contributed by atoms with van der Waals surface area (Å²) in [7, 11) is 1.30. The minimum absolute atomic E-state index is 0.00956. The number of esters is 1. The fraction of sp³-hybridized carbons (Fsp3) is 0.393. The van der Waals surface area contributed by atoms with E-state index in [9.17, 15) is 19.5 Å². The standard InChI is InChI=1S/C28H32N2O7/c1-18(2)37-22-10-8-20(9-11-22)25(31)23-24(19-4-6-21(7-5-19)28(34)35-3)30(27(33)26(23)32)13-12-29-14-16-36-17-15-29/h4-11,18,24,31H,12-17H2,1-3H3/t24-/m1/s1. The Balaban J connectivity index is 1.71. The minimum atomic E-state index is -0.806. The number of ether oxygens (including phenoxy) is 3. The number of aliphatic hydroxyl groups excluding tert-OH is 1. The Bertz CT molecular complexity index is 1170. The van der Waals surface area contributed by atoms with Crippen LogP contribution in [0.3, 0.4) is 0 Å². The summed E-state index contributed by atoms with van der Waals surface area (Å²) in [5, 5.41) is 11.3. The van der Waals surface area contributed by atoms with Gasteiger partial charge in [0.1, 0.15) is 11.5 Å². The molecule has 2 aromatic carbocycles. The molecule has 2 aliphatic rings. The van der Waals surface area contributed by atoms with Crippen molar-refractivity contribution in [3.63, 3.8) is 0 Å². The van der Waals surface area contributed by atoms with Crippen molar-refractivity contribution in [3.05, 3.63) is 70.8 Å². The number of carbonyl (C=O) groups excluding carboxylic acids is 3. The predicted molar refractivity (Wildman–Crippen MR) is 136 cm³/mol. The molecule has 37 heavy (non-hydrogen) atoms. The number of carbonyl (C=O) groups is 3. The molecule has 2 saturated heterocycles. The quantitative estimate of drug-likeness (QED) is 0.251. The summed E-state index contributed by atoms with van der Waals surface area (Å²) < 4.78 is 15.9. The van der Waals surface area contributed by atoms with E-state index in [2.05, 4.69) is 4.90 Å². The zero-order chi connectivity index (χ0) is 26.5. The molecule has 0 aliphatic carbocycles. The summed E-state index contributed by atoms with van der Waals surface area (Å²) >= 11 is 0. The van der Waals surface area contributed by atoms with Crippen LogP contribution in [0.15, 0.2) is 54.1 Å². The van der Waals surface area contributed by atoms with Gasteiger partial charge in [-0.3, -0.25) is 14.5 Å². The van der Waals surface area contributed by atoms with E-state index in [1.165, 1.54) is 12.0 Å². The average molecular weight is 509 g/mol. The van der Waals surface area contributed by atoms with Crippen molar-refractivity contribution in [3.8, 4) is 5.75 Å².